The Labute approximate surface area is 281 Å². The normalized spacial score (nSPS) is 12.7. The van der Waals surface area contributed by atoms with Crippen LogP contribution in [0.2, 0.25) is 0 Å². The highest BCUT2D eigenvalue weighted by Gasteiger charge is 2.22. The Morgan fingerprint density at radius 2 is 0.956 bits per heavy atom. The van der Waals surface area contributed by atoms with E-state index in [0.717, 1.165) is 51.6 Å². The van der Waals surface area contributed by atoms with E-state index in [2.05, 4.69) is 48.6 Å². The molecule has 0 aliphatic rings. The molecule has 0 radical (unpaired) electrons. The Morgan fingerprint density at radius 1 is 0.600 bits per heavy atom. The molecule has 0 saturated heterocycles. The minimum atomic E-state index is -1.03. The van der Waals surface area contributed by atoms with Gasteiger partial charge in [-0.1, -0.05) is 85.8 Å². The van der Waals surface area contributed by atoms with Crippen molar-refractivity contribution in [2.45, 2.75) is 128 Å². The Balaban J connectivity index is 4.07. The first-order chi connectivity index (χ1) is 21.6. The van der Waals surface area contributed by atoms with Gasteiger partial charge in [0.2, 0.25) is 11.8 Å². The minimum absolute atomic E-state index is 0.135. The maximum Gasteiger partial charge on any atom is 0.328 e. The molecule has 10 nitrogen and oxygen atoms in total. The fourth-order valence-electron chi connectivity index (χ4n) is 4.83. The third-order valence-corrected chi connectivity index (χ3v) is 10.0. The van der Waals surface area contributed by atoms with Gasteiger partial charge in [-0.3, -0.25) is 9.59 Å². The predicted octanol–water partition coefficient (Wildman–Crippen LogP) is 5.74. The zero-order valence-corrected chi connectivity index (χ0v) is 30.5. The number of ether oxygens (including phenoxy) is 1. The number of hydrogen-bond acceptors (Lipinski definition) is 9. The van der Waals surface area contributed by atoms with Crippen molar-refractivity contribution in [1.29, 1.82) is 0 Å². The molecule has 2 atom stereocenters. The molecule has 0 aromatic carbocycles. The molecule has 0 spiro atoms. The van der Waals surface area contributed by atoms with Crippen LogP contribution in [0.3, 0.4) is 0 Å². The summed E-state index contributed by atoms with van der Waals surface area (Å²) >= 11 is 0. The number of carboxylic acid groups (broad SMARTS) is 1. The van der Waals surface area contributed by atoms with Crippen LogP contribution in [0.15, 0.2) is 0 Å². The van der Waals surface area contributed by atoms with E-state index in [1.807, 2.05) is 0 Å². The molecule has 264 valence electrons. The van der Waals surface area contributed by atoms with E-state index in [4.69, 9.17) is 4.74 Å². The fraction of sp³-hybridized carbons (Fsp3) is 0.879. The van der Waals surface area contributed by atoms with Gasteiger partial charge < -0.3 is 30.3 Å². The topological polar surface area (TPSA) is 128 Å². The Morgan fingerprint density at radius 3 is 1.33 bits per heavy atom. The molecule has 0 fully saturated rings. The zero-order chi connectivity index (χ0) is 33.7. The van der Waals surface area contributed by atoms with E-state index in [1.165, 1.54) is 80.1 Å². The number of carbonyl (C=O) groups excluding carboxylic acids is 3. The highest BCUT2D eigenvalue weighted by Crippen LogP contribution is 2.24. The van der Waals surface area contributed by atoms with Gasteiger partial charge in [-0.05, 0) is 79.8 Å². The SMILES string of the molecule is COC(=O)C(CCSSCCC(NC(=O)CCCCCCCCCN(C)C)C(=O)O)NC(=O)CCCCCCCCCN(C)C. The molecule has 0 aromatic rings. The van der Waals surface area contributed by atoms with Crippen LogP contribution in [-0.2, 0) is 23.9 Å². The molecule has 45 heavy (non-hydrogen) atoms. The number of aliphatic carboxylic acids is 1. The van der Waals surface area contributed by atoms with Gasteiger partial charge in [0, 0.05) is 24.3 Å². The molecule has 12 heteroatoms. The largest absolute Gasteiger partial charge is 0.480 e. The number of hydrogen-bond donors (Lipinski definition) is 3. The van der Waals surface area contributed by atoms with Crippen LogP contribution < -0.4 is 10.6 Å². The van der Waals surface area contributed by atoms with Gasteiger partial charge in [-0.2, -0.15) is 0 Å². The van der Waals surface area contributed by atoms with Crippen LogP contribution in [0, 0.1) is 0 Å². The average molecular weight is 677 g/mol. The van der Waals surface area contributed by atoms with Crippen LogP contribution >= 0.6 is 21.6 Å². The van der Waals surface area contributed by atoms with Crippen LogP contribution in [0.1, 0.15) is 116 Å². The first-order valence-electron chi connectivity index (χ1n) is 17.0. The fourth-order valence-corrected chi connectivity index (χ4v) is 7.01. The van der Waals surface area contributed by atoms with Crippen molar-refractivity contribution in [2.75, 3.05) is 59.9 Å². The maximum absolute atomic E-state index is 12.4. The second kappa shape index (κ2) is 29.9. The van der Waals surface area contributed by atoms with Crippen LogP contribution in [0.25, 0.3) is 0 Å². The van der Waals surface area contributed by atoms with Gasteiger partial charge in [0.25, 0.3) is 0 Å². The molecule has 0 aromatic heterocycles. The molecule has 0 heterocycles. The molecule has 0 saturated carbocycles. The molecular weight excluding hydrogens is 613 g/mol. The molecule has 0 aliphatic heterocycles. The van der Waals surface area contributed by atoms with Crippen LogP contribution in [0.4, 0.5) is 0 Å². The lowest BCUT2D eigenvalue weighted by Gasteiger charge is -2.16. The summed E-state index contributed by atoms with van der Waals surface area (Å²) in [7, 11) is 12.7. The predicted molar refractivity (Wildman–Crippen MR) is 189 cm³/mol. The van der Waals surface area contributed by atoms with Gasteiger partial charge in [-0.15, -0.1) is 0 Å². The first-order valence-corrected chi connectivity index (χ1v) is 19.5. The van der Waals surface area contributed by atoms with E-state index in [-0.39, 0.29) is 11.8 Å². The maximum atomic E-state index is 12.4. The average Bonchev–Trinajstić information content (AvgIpc) is 2.98. The molecular formula is C33H64N4O6S2. The quantitative estimate of drug-likeness (QED) is 0.0475. The van der Waals surface area contributed by atoms with Crippen molar-refractivity contribution in [2.24, 2.45) is 0 Å². The Hall–Kier alpha value is -1.50. The van der Waals surface area contributed by atoms with E-state index in [0.29, 0.717) is 37.2 Å². The number of carbonyl (C=O) groups is 4. The van der Waals surface area contributed by atoms with Crippen molar-refractivity contribution in [3.8, 4) is 0 Å². The van der Waals surface area contributed by atoms with E-state index >= 15 is 0 Å². The zero-order valence-electron chi connectivity index (χ0n) is 28.9. The summed E-state index contributed by atoms with van der Waals surface area (Å²) in [6.45, 7) is 2.25. The number of rotatable bonds is 31. The lowest BCUT2D eigenvalue weighted by molar-refractivity contribution is -0.145. The smallest absolute Gasteiger partial charge is 0.328 e. The lowest BCUT2D eigenvalue weighted by Crippen LogP contribution is -2.41. The summed E-state index contributed by atoms with van der Waals surface area (Å²) in [5, 5.41) is 15.0. The first kappa shape index (κ1) is 43.5. The molecule has 0 rings (SSSR count). The molecule has 0 aliphatic carbocycles. The second-order valence-electron chi connectivity index (χ2n) is 12.4. The van der Waals surface area contributed by atoms with Gasteiger partial charge in [0.1, 0.15) is 12.1 Å². The summed E-state index contributed by atoms with van der Waals surface area (Å²) in [6, 6.07) is -1.60. The number of unbranched alkanes of at least 4 members (excludes halogenated alkanes) is 12. The number of amides is 2. The molecule has 2 unspecified atom stereocenters. The van der Waals surface area contributed by atoms with Crippen molar-refractivity contribution in [3.05, 3.63) is 0 Å². The van der Waals surface area contributed by atoms with E-state index < -0.39 is 24.0 Å². The Bertz CT molecular complexity index is 788. The standard InChI is InChI=1S/C33H64N4O6S2/c1-36(2)24-18-14-10-6-8-12-16-20-30(38)34-28(32(40)41)22-26-44-45-27-23-29(33(42)43-5)35-31(39)21-17-13-9-7-11-15-19-25-37(3)4/h28-29H,6-27H2,1-5H3,(H,34,38)(H,35,39)(H,40,41). The van der Waals surface area contributed by atoms with Crippen molar-refractivity contribution in [3.63, 3.8) is 0 Å². The molecule has 2 amide bonds. The summed E-state index contributed by atoms with van der Waals surface area (Å²) in [5.74, 6) is -0.692. The van der Waals surface area contributed by atoms with E-state index in [1.54, 1.807) is 0 Å². The van der Waals surface area contributed by atoms with Gasteiger partial charge in [0.05, 0.1) is 7.11 Å². The summed E-state index contributed by atoms with van der Waals surface area (Å²) in [5.41, 5.74) is 0. The molecule has 3 N–H and O–H groups in total. The van der Waals surface area contributed by atoms with Crippen LogP contribution in [-0.4, -0.2) is 111 Å². The number of esters is 1. The highest BCUT2D eigenvalue weighted by molar-refractivity contribution is 8.76. The summed E-state index contributed by atoms with van der Waals surface area (Å²) < 4.78 is 4.88. The highest BCUT2D eigenvalue weighted by atomic mass is 33.1. The van der Waals surface area contributed by atoms with Gasteiger partial charge in [-0.25, -0.2) is 9.59 Å². The van der Waals surface area contributed by atoms with Crippen molar-refractivity contribution >= 4 is 45.3 Å². The number of methoxy groups -OCH3 is 1. The summed E-state index contributed by atoms with van der Waals surface area (Å²) in [6.07, 6.45) is 17.0. The third-order valence-electron chi connectivity index (χ3n) is 7.54. The van der Waals surface area contributed by atoms with Crippen molar-refractivity contribution in [1.82, 2.24) is 20.4 Å². The lowest BCUT2D eigenvalue weighted by atomic mass is 10.1. The number of nitrogens with zero attached hydrogens (tertiary/aromatic N) is 2. The summed E-state index contributed by atoms with van der Waals surface area (Å²) in [4.78, 5) is 53.0. The van der Waals surface area contributed by atoms with Gasteiger partial charge >= 0.3 is 11.9 Å². The van der Waals surface area contributed by atoms with Crippen LogP contribution in [0.5, 0.6) is 0 Å². The third kappa shape index (κ3) is 28.5. The minimum Gasteiger partial charge on any atom is -0.480 e. The van der Waals surface area contributed by atoms with Crippen molar-refractivity contribution < 1.29 is 29.0 Å². The van der Waals surface area contributed by atoms with Gasteiger partial charge in [0.15, 0.2) is 0 Å². The molecule has 0 bridgehead atoms. The number of nitrogens with one attached hydrogen (secondary N) is 2. The Kier molecular flexibility index (Phi) is 28.9. The second-order valence-corrected chi connectivity index (χ2v) is 15.1. The number of carboxylic acids is 1. The monoisotopic (exact) mass is 676 g/mol. The van der Waals surface area contributed by atoms with E-state index in [9.17, 15) is 24.3 Å².